The van der Waals surface area contributed by atoms with Crippen LogP contribution in [0, 0.1) is 0 Å². The number of thioether (sulfide) groups is 1. The Bertz CT molecular complexity index is 472. The third-order valence-corrected chi connectivity index (χ3v) is 3.61. The van der Waals surface area contributed by atoms with E-state index in [0.717, 1.165) is 12.3 Å². The van der Waals surface area contributed by atoms with Crippen LogP contribution in [0.3, 0.4) is 0 Å². The van der Waals surface area contributed by atoms with Crippen LogP contribution in [-0.2, 0) is 6.54 Å². The summed E-state index contributed by atoms with van der Waals surface area (Å²) < 4.78 is 1.78. The minimum Gasteiger partial charge on any atom is -0.387 e. The summed E-state index contributed by atoms with van der Waals surface area (Å²) >= 11 is 1.79. The van der Waals surface area contributed by atoms with E-state index in [2.05, 4.69) is 22.4 Å². The lowest BCUT2D eigenvalue weighted by molar-refractivity contribution is 0.168. The summed E-state index contributed by atoms with van der Waals surface area (Å²) in [6.07, 6.45) is 1.98. The molecule has 4 nitrogen and oxygen atoms in total. The number of aliphatic hydroxyl groups excluding tert-OH is 1. The first-order valence-electron chi connectivity index (χ1n) is 6.05. The molecule has 0 aliphatic rings. The van der Waals surface area contributed by atoms with E-state index < -0.39 is 6.10 Å². The molecule has 0 fully saturated rings. The zero-order valence-electron chi connectivity index (χ0n) is 10.4. The fourth-order valence-electron chi connectivity index (χ4n) is 1.56. The van der Waals surface area contributed by atoms with E-state index in [0.29, 0.717) is 12.1 Å². The lowest BCUT2D eigenvalue weighted by Crippen LogP contribution is -2.01. The van der Waals surface area contributed by atoms with Crippen molar-refractivity contribution in [1.82, 2.24) is 15.0 Å². The maximum absolute atomic E-state index is 9.62. The molecule has 0 aliphatic carbocycles. The van der Waals surface area contributed by atoms with Gasteiger partial charge in [-0.25, -0.2) is 0 Å². The SMILES string of the molecule is CCC(O)c1cn(CCSc2ccccc2)nn1. The number of hydrogen-bond donors (Lipinski definition) is 1. The predicted octanol–water partition coefficient (Wildman–Crippen LogP) is 2.51. The van der Waals surface area contributed by atoms with Crippen molar-refractivity contribution >= 4 is 11.8 Å². The van der Waals surface area contributed by atoms with E-state index in [-0.39, 0.29) is 0 Å². The molecule has 0 radical (unpaired) electrons. The third kappa shape index (κ3) is 3.58. The summed E-state index contributed by atoms with van der Waals surface area (Å²) in [5, 5.41) is 17.6. The molecule has 0 saturated carbocycles. The Hall–Kier alpha value is -1.33. The van der Waals surface area contributed by atoms with E-state index in [1.165, 1.54) is 4.90 Å². The molecule has 0 bridgehead atoms. The van der Waals surface area contributed by atoms with Crippen LogP contribution in [0.4, 0.5) is 0 Å². The molecule has 96 valence electrons. The fourth-order valence-corrected chi connectivity index (χ4v) is 2.42. The van der Waals surface area contributed by atoms with Gasteiger partial charge in [-0.15, -0.1) is 16.9 Å². The molecule has 5 heteroatoms. The Morgan fingerprint density at radius 2 is 2.11 bits per heavy atom. The van der Waals surface area contributed by atoms with Crippen LogP contribution < -0.4 is 0 Å². The van der Waals surface area contributed by atoms with Crippen molar-refractivity contribution in [2.24, 2.45) is 0 Å². The smallest absolute Gasteiger partial charge is 0.111 e. The monoisotopic (exact) mass is 263 g/mol. The van der Waals surface area contributed by atoms with E-state index in [9.17, 15) is 5.11 Å². The summed E-state index contributed by atoms with van der Waals surface area (Å²) in [5.74, 6) is 0.940. The number of nitrogens with zero attached hydrogens (tertiary/aromatic N) is 3. The van der Waals surface area contributed by atoms with Gasteiger partial charge < -0.3 is 5.11 Å². The number of hydrogen-bond acceptors (Lipinski definition) is 4. The second-order valence-corrected chi connectivity index (χ2v) is 5.16. The molecule has 1 aromatic carbocycles. The van der Waals surface area contributed by atoms with Gasteiger partial charge in [0, 0.05) is 10.6 Å². The highest BCUT2D eigenvalue weighted by molar-refractivity contribution is 7.99. The van der Waals surface area contributed by atoms with Crippen molar-refractivity contribution in [3.05, 3.63) is 42.2 Å². The highest BCUT2D eigenvalue weighted by Crippen LogP contribution is 2.17. The molecular formula is C13H17N3OS. The number of aromatic nitrogens is 3. The van der Waals surface area contributed by atoms with Gasteiger partial charge in [-0.05, 0) is 18.6 Å². The van der Waals surface area contributed by atoms with E-state index in [4.69, 9.17) is 0 Å². The van der Waals surface area contributed by atoms with E-state index >= 15 is 0 Å². The van der Waals surface area contributed by atoms with Gasteiger partial charge in [0.25, 0.3) is 0 Å². The topological polar surface area (TPSA) is 50.9 Å². The molecule has 0 spiro atoms. The average Bonchev–Trinajstić information content (AvgIpc) is 2.88. The van der Waals surface area contributed by atoms with Crippen LogP contribution in [0.15, 0.2) is 41.4 Å². The highest BCUT2D eigenvalue weighted by Gasteiger charge is 2.09. The summed E-state index contributed by atoms with van der Waals surface area (Å²) in [5.41, 5.74) is 0.655. The van der Waals surface area contributed by atoms with E-state index in [1.807, 2.05) is 31.3 Å². The summed E-state index contributed by atoms with van der Waals surface area (Å²) in [6, 6.07) is 10.3. The van der Waals surface area contributed by atoms with Gasteiger partial charge in [-0.3, -0.25) is 4.68 Å². The van der Waals surface area contributed by atoms with Gasteiger partial charge >= 0.3 is 0 Å². The van der Waals surface area contributed by atoms with Crippen molar-refractivity contribution in [2.45, 2.75) is 30.9 Å². The minimum atomic E-state index is -0.500. The highest BCUT2D eigenvalue weighted by atomic mass is 32.2. The normalized spacial score (nSPS) is 12.6. The predicted molar refractivity (Wildman–Crippen MR) is 72.4 cm³/mol. The fraction of sp³-hybridized carbons (Fsp3) is 0.385. The first kappa shape index (κ1) is 13.1. The van der Waals surface area contributed by atoms with Crippen molar-refractivity contribution in [2.75, 3.05) is 5.75 Å². The Morgan fingerprint density at radius 1 is 1.33 bits per heavy atom. The maximum atomic E-state index is 9.62. The van der Waals surface area contributed by atoms with Crippen molar-refractivity contribution in [3.63, 3.8) is 0 Å². The second-order valence-electron chi connectivity index (χ2n) is 3.99. The molecule has 1 N–H and O–H groups in total. The van der Waals surface area contributed by atoms with Gasteiger partial charge in [0.2, 0.25) is 0 Å². The molecule has 2 aromatic rings. The zero-order chi connectivity index (χ0) is 12.8. The second kappa shape index (κ2) is 6.56. The number of aryl methyl sites for hydroxylation is 1. The molecular weight excluding hydrogens is 246 g/mol. The molecule has 1 atom stereocenters. The number of rotatable bonds is 6. The average molecular weight is 263 g/mol. The largest absolute Gasteiger partial charge is 0.387 e. The van der Waals surface area contributed by atoms with Gasteiger partial charge in [0.15, 0.2) is 0 Å². The maximum Gasteiger partial charge on any atom is 0.111 e. The molecule has 0 aliphatic heterocycles. The van der Waals surface area contributed by atoms with Crippen LogP contribution in [0.5, 0.6) is 0 Å². The molecule has 1 unspecified atom stereocenters. The molecule has 1 aromatic heterocycles. The van der Waals surface area contributed by atoms with Crippen molar-refractivity contribution in [3.8, 4) is 0 Å². The van der Waals surface area contributed by atoms with Crippen LogP contribution >= 0.6 is 11.8 Å². The first-order chi connectivity index (χ1) is 8.79. The van der Waals surface area contributed by atoms with Crippen molar-refractivity contribution in [1.29, 1.82) is 0 Å². The zero-order valence-corrected chi connectivity index (χ0v) is 11.2. The van der Waals surface area contributed by atoms with Crippen molar-refractivity contribution < 1.29 is 5.11 Å². The first-order valence-corrected chi connectivity index (χ1v) is 7.04. The van der Waals surface area contributed by atoms with Crippen LogP contribution in [0.1, 0.15) is 25.1 Å². The quantitative estimate of drug-likeness (QED) is 0.814. The van der Waals surface area contributed by atoms with Gasteiger partial charge in [0.1, 0.15) is 5.69 Å². The number of benzene rings is 1. The third-order valence-electron chi connectivity index (χ3n) is 2.62. The van der Waals surface area contributed by atoms with Crippen LogP contribution in [0.2, 0.25) is 0 Å². The summed E-state index contributed by atoms with van der Waals surface area (Å²) in [4.78, 5) is 1.26. The molecule has 0 amide bonds. The van der Waals surface area contributed by atoms with Gasteiger partial charge in [0.05, 0.1) is 18.8 Å². The Morgan fingerprint density at radius 3 is 2.83 bits per heavy atom. The Kier molecular flexibility index (Phi) is 4.78. The number of aliphatic hydroxyl groups is 1. The molecule has 2 rings (SSSR count). The van der Waals surface area contributed by atoms with E-state index in [1.54, 1.807) is 16.4 Å². The minimum absolute atomic E-state index is 0.500. The Labute approximate surface area is 111 Å². The van der Waals surface area contributed by atoms with Gasteiger partial charge in [-0.1, -0.05) is 30.3 Å². The molecule has 18 heavy (non-hydrogen) atoms. The summed E-state index contributed by atoms with van der Waals surface area (Å²) in [6.45, 7) is 2.72. The Balaban J connectivity index is 1.82. The lowest BCUT2D eigenvalue weighted by atomic mass is 10.2. The molecule has 0 saturated heterocycles. The lowest BCUT2D eigenvalue weighted by Gasteiger charge is -2.02. The van der Waals surface area contributed by atoms with Crippen LogP contribution in [-0.4, -0.2) is 25.9 Å². The standard InChI is InChI=1S/C13H17N3OS/c1-2-13(17)12-10-16(15-14-12)8-9-18-11-6-4-3-5-7-11/h3-7,10,13,17H,2,8-9H2,1H3. The van der Waals surface area contributed by atoms with Crippen LogP contribution in [0.25, 0.3) is 0 Å². The summed E-state index contributed by atoms with van der Waals surface area (Å²) in [7, 11) is 0. The molecule has 1 heterocycles. The van der Waals surface area contributed by atoms with Gasteiger partial charge in [-0.2, -0.15) is 0 Å².